The molecule has 0 aromatic rings. The largest absolute Gasteiger partial charge is 0.357 e. The fourth-order valence-corrected chi connectivity index (χ4v) is 2.79. The van der Waals surface area contributed by atoms with Crippen LogP contribution in [0.5, 0.6) is 0 Å². The number of hydrogen-bond donors (Lipinski definition) is 2. The molecule has 0 atom stereocenters. The maximum Gasteiger partial charge on any atom is 0.211 e. The maximum atomic E-state index is 11.3. The molecule has 2 N–H and O–H groups in total. The van der Waals surface area contributed by atoms with E-state index < -0.39 is 10.0 Å². The van der Waals surface area contributed by atoms with Crippen molar-refractivity contribution in [1.82, 2.24) is 14.9 Å². The van der Waals surface area contributed by atoms with Gasteiger partial charge < -0.3 is 10.2 Å². The van der Waals surface area contributed by atoms with Crippen LogP contribution in [0.1, 0.15) is 34.1 Å². The number of nitrogens with zero attached hydrogens (tertiary/aromatic N) is 2. The molecule has 8 heteroatoms. The molecule has 1 aliphatic heterocycles. The van der Waals surface area contributed by atoms with Crippen molar-refractivity contribution in [3.63, 3.8) is 0 Å². The smallest absolute Gasteiger partial charge is 0.211 e. The van der Waals surface area contributed by atoms with E-state index in [-0.39, 0.29) is 29.7 Å². The lowest BCUT2D eigenvalue weighted by atomic mass is 9.93. The van der Waals surface area contributed by atoms with Gasteiger partial charge in [-0.15, -0.1) is 24.0 Å². The summed E-state index contributed by atoms with van der Waals surface area (Å²) in [6.07, 6.45) is 1.15. The number of nitrogens with one attached hydrogen (secondary N) is 2. The molecule has 1 saturated heterocycles. The second kappa shape index (κ2) is 9.14. The summed E-state index contributed by atoms with van der Waals surface area (Å²) in [6, 6.07) is 0. The second-order valence-corrected chi connectivity index (χ2v) is 7.96. The number of likely N-dealkylation sites (tertiary alicyclic amines) is 1. The Labute approximate surface area is 146 Å². The topological polar surface area (TPSA) is 73.8 Å². The van der Waals surface area contributed by atoms with Crippen LogP contribution in [0, 0.1) is 5.41 Å². The number of halogens is 1. The van der Waals surface area contributed by atoms with Gasteiger partial charge in [0, 0.05) is 26.2 Å². The Morgan fingerprint density at radius 3 is 2.48 bits per heavy atom. The Morgan fingerprint density at radius 1 is 1.33 bits per heavy atom. The molecule has 0 spiro atoms. The standard InChI is InChI=1S/C13H28N4O2S.HI/c1-5-14-12(17-10-7-13(3,4)11-17)15-8-9-16-20(18,19)6-2;/h16H,5-11H2,1-4H3,(H,14,15);1H. The van der Waals surface area contributed by atoms with Crippen LogP contribution in [0.15, 0.2) is 4.99 Å². The number of rotatable bonds is 6. The van der Waals surface area contributed by atoms with Gasteiger partial charge in [0.15, 0.2) is 5.96 Å². The lowest BCUT2D eigenvalue weighted by Crippen LogP contribution is -2.41. The van der Waals surface area contributed by atoms with Crippen LogP contribution < -0.4 is 10.0 Å². The molecule has 1 aliphatic rings. The fraction of sp³-hybridized carbons (Fsp3) is 0.923. The van der Waals surface area contributed by atoms with Crippen molar-refractivity contribution in [2.24, 2.45) is 10.4 Å². The van der Waals surface area contributed by atoms with E-state index in [0.717, 1.165) is 32.0 Å². The zero-order chi connectivity index (χ0) is 15.2. The lowest BCUT2D eigenvalue weighted by Gasteiger charge is -2.23. The predicted molar refractivity (Wildman–Crippen MR) is 98.8 cm³/mol. The highest BCUT2D eigenvalue weighted by Crippen LogP contribution is 2.28. The predicted octanol–water partition coefficient (Wildman–Crippen LogP) is 1.24. The summed E-state index contributed by atoms with van der Waals surface area (Å²) in [5.41, 5.74) is 0.319. The Kier molecular flexibility index (Phi) is 9.10. The van der Waals surface area contributed by atoms with Gasteiger partial charge in [0.2, 0.25) is 10.0 Å². The first kappa shape index (κ1) is 20.9. The highest BCUT2D eigenvalue weighted by Gasteiger charge is 2.30. The van der Waals surface area contributed by atoms with Crippen molar-refractivity contribution >= 4 is 40.0 Å². The molecular weight excluding hydrogens is 403 g/mol. The van der Waals surface area contributed by atoms with Crippen LogP contribution >= 0.6 is 24.0 Å². The molecule has 126 valence electrons. The molecular formula is C13H29IN4O2S. The molecule has 0 aliphatic carbocycles. The molecule has 0 amide bonds. The Morgan fingerprint density at radius 2 is 2.00 bits per heavy atom. The van der Waals surface area contributed by atoms with Gasteiger partial charge in [-0.25, -0.2) is 13.1 Å². The molecule has 0 aromatic carbocycles. The Bertz CT molecular complexity index is 437. The van der Waals surface area contributed by atoms with Gasteiger partial charge in [-0.2, -0.15) is 0 Å². The van der Waals surface area contributed by atoms with E-state index in [1.807, 2.05) is 6.92 Å². The highest BCUT2D eigenvalue weighted by molar-refractivity contribution is 14.0. The summed E-state index contributed by atoms with van der Waals surface area (Å²) in [7, 11) is -3.12. The third-order valence-electron chi connectivity index (χ3n) is 3.39. The third-order valence-corrected chi connectivity index (χ3v) is 4.79. The molecule has 0 unspecified atom stereocenters. The first-order valence-corrected chi connectivity index (χ1v) is 8.95. The molecule has 0 aromatic heterocycles. The summed E-state index contributed by atoms with van der Waals surface area (Å²) < 4.78 is 25.2. The Balaban J connectivity index is 0.00000400. The minimum absolute atomic E-state index is 0. The molecule has 21 heavy (non-hydrogen) atoms. The van der Waals surface area contributed by atoms with E-state index >= 15 is 0 Å². The van der Waals surface area contributed by atoms with Gasteiger partial charge in [-0.3, -0.25) is 4.99 Å². The fourth-order valence-electron chi connectivity index (χ4n) is 2.18. The van der Waals surface area contributed by atoms with Crippen LogP contribution in [-0.4, -0.2) is 57.8 Å². The number of hydrogen-bond acceptors (Lipinski definition) is 3. The van der Waals surface area contributed by atoms with Crippen molar-refractivity contribution in [3.05, 3.63) is 0 Å². The van der Waals surface area contributed by atoms with Gasteiger partial charge in [0.1, 0.15) is 0 Å². The number of sulfonamides is 1. The summed E-state index contributed by atoms with van der Waals surface area (Å²) in [5.74, 6) is 0.991. The van der Waals surface area contributed by atoms with Crippen LogP contribution in [0.3, 0.4) is 0 Å². The third kappa shape index (κ3) is 7.64. The molecule has 0 saturated carbocycles. The molecule has 1 heterocycles. The minimum atomic E-state index is -3.12. The van der Waals surface area contributed by atoms with Crippen LogP contribution in [0.4, 0.5) is 0 Å². The first-order valence-electron chi connectivity index (χ1n) is 7.30. The molecule has 1 rings (SSSR count). The van der Waals surface area contributed by atoms with Crippen molar-refractivity contribution in [1.29, 1.82) is 0 Å². The normalized spacial score (nSPS) is 18.5. The van der Waals surface area contributed by atoms with Crippen LogP contribution in [-0.2, 0) is 10.0 Å². The molecule has 1 fully saturated rings. The van der Waals surface area contributed by atoms with E-state index in [0.29, 0.717) is 18.5 Å². The zero-order valence-electron chi connectivity index (χ0n) is 13.5. The Hall–Kier alpha value is -0.0900. The van der Waals surface area contributed by atoms with Gasteiger partial charge in [-0.1, -0.05) is 13.8 Å². The van der Waals surface area contributed by atoms with E-state index in [4.69, 9.17) is 0 Å². The van der Waals surface area contributed by atoms with E-state index in [1.165, 1.54) is 0 Å². The monoisotopic (exact) mass is 432 g/mol. The van der Waals surface area contributed by atoms with Crippen molar-refractivity contribution < 1.29 is 8.42 Å². The molecule has 6 nitrogen and oxygen atoms in total. The number of aliphatic imine (C=N–C) groups is 1. The summed E-state index contributed by atoms with van der Waals surface area (Å²) in [5, 5.41) is 3.27. The average molecular weight is 432 g/mol. The minimum Gasteiger partial charge on any atom is -0.357 e. The van der Waals surface area contributed by atoms with E-state index in [1.54, 1.807) is 6.92 Å². The summed E-state index contributed by atoms with van der Waals surface area (Å²) in [4.78, 5) is 6.75. The summed E-state index contributed by atoms with van der Waals surface area (Å²) >= 11 is 0. The van der Waals surface area contributed by atoms with Gasteiger partial charge in [0.05, 0.1) is 12.3 Å². The van der Waals surface area contributed by atoms with Crippen LogP contribution in [0.25, 0.3) is 0 Å². The van der Waals surface area contributed by atoms with Crippen molar-refractivity contribution in [2.45, 2.75) is 34.1 Å². The van der Waals surface area contributed by atoms with Gasteiger partial charge in [0.25, 0.3) is 0 Å². The van der Waals surface area contributed by atoms with Gasteiger partial charge >= 0.3 is 0 Å². The molecule has 0 bridgehead atoms. The van der Waals surface area contributed by atoms with Crippen LogP contribution in [0.2, 0.25) is 0 Å². The second-order valence-electron chi connectivity index (χ2n) is 5.87. The maximum absolute atomic E-state index is 11.3. The van der Waals surface area contributed by atoms with E-state index in [2.05, 4.69) is 33.8 Å². The van der Waals surface area contributed by atoms with Gasteiger partial charge in [-0.05, 0) is 25.7 Å². The zero-order valence-corrected chi connectivity index (χ0v) is 16.6. The lowest BCUT2D eigenvalue weighted by molar-refractivity contribution is 0.370. The number of guanidine groups is 1. The van der Waals surface area contributed by atoms with Crippen molar-refractivity contribution in [3.8, 4) is 0 Å². The van der Waals surface area contributed by atoms with E-state index in [9.17, 15) is 8.42 Å². The first-order chi connectivity index (χ1) is 9.29. The SMILES string of the molecule is CCNC(=NCCNS(=O)(=O)CC)N1CCC(C)(C)C1.I. The average Bonchev–Trinajstić information content (AvgIpc) is 2.73. The highest BCUT2D eigenvalue weighted by atomic mass is 127. The molecule has 0 radical (unpaired) electrons. The quantitative estimate of drug-likeness (QED) is 0.287. The summed E-state index contributed by atoms with van der Waals surface area (Å²) in [6.45, 7) is 11.8. The van der Waals surface area contributed by atoms with Crippen molar-refractivity contribution in [2.75, 3.05) is 38.5 Å².